The molecule has 0 radical (unpaired) electrons. The van der Waals surface area contributed by atoms with Crippen LogP contribution >= 0.6 is 0 Å². The molecule has 0 amide bonds. The van der Waals surface area contributed by atoms with Crippen molar-refractivity contribution in [3.05, 3.63) is 0 Å². The van der Waals surface area contributed by atoms with E-state index in [-0.39, 0.29) is 0 Å². The molecule has 4 aliphatic carbocycles. The van der Waals surface area contributed by atoms with Crippen LogP contribution in [0.25, 0.3) is 0 Å². The summed E-state index contributed by atoms with van der Waals surface area (Å²) in [7, 11) is 7.18. The van der Waals surface area contributed by atoms with Crippen molar-refractivity contribution in [1.82, 2.24) is 0 Å². The average molecular weight is 222 g/mol. The first-order valence-electron chi connectivity index (χ1n) is 7.20. The summed E-state index contributed by atoms with van der Waals surface area (Å²) in [6.07, 6.45) is 9.37. The van der Waals surface area contributed by atoms with E-state index >= 15 is 0 Å². The Morgan fingerprint density at radius 2 is 1.25 bits per heavy atom. The Bertz CT molecular complexity index is 251. The molecule has 1 atom stereocenters. The Hall–Kier alpha value is -0.0400. The van der Waals surface area contributed by atoms with Gasteiger partial charge >= 0.3 is 0 Å². The third-order valence-electron chi connectivity index (χ3n) is 6.13. The second-order valence-corrected chi connectivity index (χ2v) is 8.07. The van der Waals surface area contributed by atoms with Crippen molar-refractivity contribution in [1.29, 1.82) is 0 Å². The van der Waals surface area contributed by atoms with Crippen molar-refractivity contribution >= 4 is 0 Å². The first-order chi connectivity index (χ1) is 7.39. The van der Waals surface area contributed by atoms with E-state index in [0.717, 1.165) is 28.3 Å². The van der Waals surface area contributed by atoms with Gasteiger partial charge in [-0.05, 0) is 63.2 Å². The van der Waals surface area contributed by atoms with Crippen LogP contribution in [-0.2, 0) is 0 Å². The second kappa shape index (κ2) is 3.25. The van der Waals surface area contributed by atoms with Gasteiger partial charge in [-0.1, -0.05) is 0 Å². The molecule has 0 aliphatic heterocycles. The summed E-state index contributed by atoms with van der Waals surface area (Å²) in [5, 5.41) is 0. The fraction of sp³-hybridized carbons (Fsp3) is 1.00. The highest BCUT2D eigenvalue weighted by atomic mass is 15.3. The second-order valence-electron chi connectivity index (χ2n) is 8.07. The lowest BCUT2D eigenvalue weighted by Gasteiger charge is -2.60. The van der Waals surface area contributed by atoms with Gasteiger partial charge in [0.15, 0.2) is 0 Å². The lowest BCUT2D eigenvalue weighted by Crippen LogP contribution is -2.59. The number of hydrogen-bond donors (Lipinski definition) is 0. The zero-order valence-electron chi connectivity index (χ0n) is 11.5. The molecule has 0 N–H and O–H groups in total. The minimum Gasteiger partial charge on any atom is -0.328 e. The molecule has 0 aromatic heterocycles. The van der Waals surface area contributed by atoms with Crippen LogP contribution in [0.3, 0.4) is 0 Å². The topological polar surface area (TPSA) is 0 Å². The Morgan fingerprint density at radius 3 is 1.56 bits per heavy atom. The lowest BCUT2D eigenvalue weighted by molar-refractivity contribution is -0.903. The fourth-order valence-corrected chi connectivity index (χ4v) is 5.51. The van der Waals surface area contributed by atoms with E-state index in [9.17, 15) is 0 Å². The quantitative estimate of drug-likeness (QED) is 0.629. The predicted octanol–water partition coefficient (Wildman–Crippen LogP) is 3.30. The maximum absolute atomic E-state index is 2.52. The summed E-state index contributed by atoms with van der Waals surface area (Å²) < 4.78 is 1.16. The predicted molar refractivity (Wildman–Crippen MR) is 68.1 cm³/mol. The van der Waals surface area contributed by atoms with Gasteiger partial charge in [0.25, 0.3) is 0 Å². The van der Waals surface area contributed by atoms with E-state index in [1.165, 1.54) is 0 Å². The molecule has 0 aromatic rings. The van der Waals surface area contributed by atoms with Crippen molar-refractivity contribution in [2.24, 2.45) is 23.2 Å². The molecule has 4 fully saturated rings. The highest BCUT2D eigenvalue weighted by Gasteiger charge is 2.56. The first kappa shape index (κ1) is 11.1. The van der Waals surface area contributed by atoms with E-state index in [0.29, 0.717) is 5.41 Å². The van der Waals surface area contributed by atoms with Crippen LogP contribution in [0.1, 0.15) is 45.4 Å². The highest BCUT2D eigenvalue weighted by Crippen LogP contribution is 2.62. The highest BCUT2D eigenvalue weighted by molar-refractivity contribution is 5.03. The third kappa shape index (κ3) is 1.54. The number of hydrogen-bond acceptors (Lipinski definition) is 0. The van der Waals surface area contributed by atoms with Gasteiger partial charge in [0.2, 0.25) is 0 Å². The maximum atomic E-state index is 2.52. The van der Waals surface area contributed by atoms with Crippen molar-refractivity contribution in [3.8, 4) is 0 Å². The summed E-state index contributed by atoms with van der Waals surface area (Å²) >= 11 is 0. The summed E-state index contributed by atoms with van der Waals surface area (Å²) in [5.74, 6) is 3.29. The first-order valence-corrected chi connectivity index (χ1v) is 7.20. The molecule has 4 rings (SSSR count). The minimum atomic E-state index is 0.715. The summed E-state index contributed by atoms with van der Waals surface area (Å²) in [4.78, 5) is 0. The molecule has 1 nitrogen and oxygen atoms in total. The molecular formula is C15H28N+. The number of rotatable bonds is 2. The van der Waals surface area contributed by atoms with Gasteiger partial charge in [-0.15, -0.1) is 0 Å². The van der Waals surface area contributed by atoms with E-state index < -0.39 is 0 Å². The van der Waals surface area contributed by atoms with Crippen molar-refractivity contribution in [2.45, 2.75) is 51.5 Å². The van der Waals surface area contributed by atoms with Crippen LogP contribution in [0.5, 0.6) is 0 Å². The SMILES string of the molecule is C[C@H](C12CC3CC(CC(C3)C1)C2)[N+](C)(C)C. The molecule has 4 aliphatic rings. The third-order valence-corrected chi connectivity index (χ3v) is 6.13. The minimum absolute atomic E-state index is 0.715. The molecule has 0 saturated heterocycles. The lowest BCUT2D eigenvalue weighted by atomic mass is 9.47. The standard InChI is InChI=1S/C15H28N/c1-11(16(2,3)4)15-8-12-5-13(9-15)7-14(6-12)10-15/h11-14H,5-10H2,1-4H3/q+1/t11-,12?,13?,14?,15?/m1/s1. The molecule has 16 heavy (non-hydrogen) atoms. The van der Waals surface area contributed by atoms with Gasteiger partial charge in [-0.2, -0.15) is 0 Å². The van der Waals surface area contributed by atoms with Gasteiger partial charge in [0.1, 0.15) is 0 Å². The monoisotopic (exact) mass is 222 g/mol. The van der Waals surface area contributed by atoms with E-state index in [4.69, 9.17) is 0 Å². The molecule has 1 heteroatoms. The van der Waals surface area contributed by atoms with Gasteiger partial charge < -0.3 is 4.48 Å². The zero-order valence-corrected chi connectivity index (χ0v) is 11.5. The zero-order chi connectivity index (χ0) is 11.6. The van der Waals surface area contributed by atoms with Crippen molar-refractivity contribution in [3.63, 3.8) is 0 Å². The Morgan fingerprint density at radius 1 is 0.875 bits per heavy atom. The molecule has 4 bridgehead atoms. The molecule has 0 heterocycles. The molecule has 0 aromatic carbocycles. The van der Waals surface area contributed by atoms with Crippen LogP contribution in [0.15, 0.2) is 0 Å². The van der Waals surface area contributed by atoms with Gasteiger partial charge in [0.05, 0.1) is 27.2 Å². The van der Waals surface area contributed by atoms with Crippen LogP contribution in [-0.4, -0.2) is 31.7 Å². The summed E-state index contributed by atoms with van der Waals surface area (Å²) in [6.45, 7) is 2.52. The molecule has 0 spiro atoms. The Kier molecular flexibility index (Phi) is 2.25. The summed E-state index contributed by atoms with van der Waals surface area (Å²) in [6, 6.07) is 0.848. The van der Waals surface area contributed by atoms with Crippen LogP contribution in [0.2, 0.25) is 0 Å². The van der Waals surface area contributed by atoms with E-state index in [2.05, 4.69) is 28.1 Å². The van der Waals surface area contributed by atoms with Gasteiger partial charge in [-0.25, -0.2) is 0 Å². The summed E-state index contributed by atoms with van der Waals surface area (Å²) in [5.41, 5.74) is 0.715. The Labute approximate surface area is 101 Å². The van der Waals surface area contributed by atoms with Gasteiger partial charge in [-0.3, -0.25) is 0 Å². The largest absolute Gasteiger partial charge is 0.328 e. The molecule has 4 saturated carbocycles. The van der Waals surface area contributed by atoms with Crippen LogP contribution in [0.4, 0.5) is 0 Å². The van der Waals surface area contributed by atoms with Crippen molar-refractivity contribution in [2.75, 3.05) is 21.1 Å². The normalized spacial score (nSPS) is 48.4. The van der Waals surface area contributed by atoms with Crippen LogP contribution < -0.4 is 0 Å². The Balaban J connectivity index is 1.88. The van der Waals surface area contributed by atoms with E-state index in [1.807, 2.05) is 0 Å². The fourth-order valence-electron chi connectivity index (χ4n) is 5.51. The molecular weight excluding hydrogens is 194 g/mol. The average Bonchev–Trinajstić information content (AvgIpc) is 2.12. The maximum Gasteiger partial charge on any atom is 0.0912 e. The van der Waals surface area contributed by atoms with Crippen molar-refractivity contribution < 1.29 is 4.48 Å². The smallest absolute Gasteiger partial charge is 0.0912 e. The number of nitrogens with zero attached hydrogens (tertiary/aromatic N) is 1. The van der Waals surface area contributed by atoms with E-state index in [1.54, 1.807) is 38.5 Å². The number of quaternary nitrogens is 1. The van der Waals surface area contributed by atoms with Crippen LogP contribution in [0, 0.1) is 23.2 Å². The molecule has 92 valence electrons. The van der Waals surface area contributed by atoms with Gasteiger partial charge in [0, 0.05) is 5.41 Å². The molecule has 0 unspecified atom stereocenters.